The van der Waals surface area contributed by atoms with E-state index in [-0.39, 0.29) is 11.9 Å². The summed E-state index contributed by atoms with van der Waals surface area (Å²) in [6, 6.07) is 33.5. The van der Waals surface area contributed by atoms with Gasteiger partial charge in [-0.2, -0.15) is 0 Å². The van der Waals surface area contributed by atoms with E-state index >= 15 is 0 Å². The molecule has 0 aliphatic carbocycles. The van der Waals surface area contributed by atoms with Crippen LogP contribution in [0.25, 0.3) is 0 Å². The summed E-state index contributed by atoms with van der Waals surface area (Å²) in [5.74, 6) is -0.580. The molecule has 0 aromatic heterocycles. The molecule has 1 fully saturated rings. The van der Waals surface area contributed by atoms with E-state index in [0.717, 1.165) is 17.9 Å². The van der Waals surface area contributed by atoms with Gasteiger partial charge in [-0.25, -0.2) is 0 Å². The largest absolute Gasteiger partial charge is 0.784 e. The highest BCUT2D eigenvalue weighted by Crippen LogP contribution is 2.56. The number of hydrogen-bond acceptors (Lipinski definition) is 4. The van der Waals surface area contributed by atoms with Crippen LogP contribution in [0.5, 0.6) is 0 Å². The average Bonchev–Trinajstić information content (AvgIpc) is 3.18. The van der Waals surface area contributed by atoms with Crippen molar-refractivity contribution in [2.75, 3.05) is 12.8 Å². The van der Waals surface area contributed by atoms with Crippen molar-refractivity contribution in [1.29, 1.82) is 0 Å². The molecule has 1 unspecified atom stereocenters. The van der Waals surface area contributed by atoms with Gasteiger partial charge in [0.2, 0.25) is 0 Å². The topological polar surface area (TPSA) is 52.6 Å². The van der Waals surface area contributed by atoms with Gasteiger partial charge in [0.25, 0.3) is 0 Å². The lowest BCUT2D eigenvalue weighted by atomic mass is 9.87. The van der Waals surface area contributed by atoms with E-state index in [4.69, 9.17) is 4.74 Å². The normalized spacial score (nSPS) is 18.2. The third kappa shape index (κ3) is 7.51. The number of esters is 1. The van der Waals surface area contributed by atoms with Gasteiger partial charge in [0, 0.05) is 11.1 Å². The molecule has 5 heteroatoms. The fourth-order valence-electron chi connectivity index (χ4n) is 6.79. The number of carbonyl (C=O) groups excluding carboxylic acids is 1. The van der Waals surface area contributed by atoms with E-state index < -0.39 is 18.3 Å². The van der Waals surface area contributed by atoms with E-state index in [0.29, 0.717) is 13.0 Å². The van der Waals surface area contributed by atoms with Gasteiger partial charge in [0.15, 0.2) is 0 Å². The summed E-state index contributed by atoms with van der Waals surface area (Å²) in [4.78, 5) is 12.7. The standard InChI is InChI=1S/C37H50NO3P/c1-36(2)30-34(37(3,4)38(36)40)35(39)41-28-20-9-7-5-6-8-10-21-29-42(31-22-14-11-15-23-31,32-24-16-12-17-25-32)33-26-18-13-19-27-33/h11-19,22-27,34H,5-10,20-21,28-30H2,1-4H3. The number of rotatable bonds is 15. The van der Waals surface area contributed by atoms with E-state index in [2.05, 4.69) is 91.0 Å². The highest BCUT2D eigenvalue weighted by Gasteiger charge is 2.50. The Balaban J connectivity index is 1.20. The Morgan fingerprint density at radius 2 is 1.12 bits per heavy atom. The van der Waals surface area contributed by atoms with Gasteiger partial charge in [-0.3, -0.25) is 4.79 Å². The van der Waals surface area contributed by atoms with Crippen molar-refractivity contribution in [3.63, 3.8) is 0 Å². The number of carbonyl (C=O) groups is 1. The van der Waals surface area contributed by atoms with Crippen LogP contribution in [0.2, 0.25) is 0 Å². The number of hydroxylamine groups is 2. The first-order valence-corrected chi connectivity index (χ1v) is 17.9. The van der Waals surface area contributed by atoms with Gasteiger partial charge >= 0.3 is 5.97 Å². The molecule has 1 aliphatic heterocycles. The molecule has 1 atom stereocenters. The molecule has 226 valence electrons. The summed E-state index contributed by atoms with van der Waals surface area (Å²) >= 11 is 0. The summed E-state index contributed by atoms with van der Waals surface area (Å²) in [6.07, 6.45) is 11.1. The van der Waals surface area contributed by atoms with Gasteiger partial charge in [-0.15, -0.1) is 0 Å². The maximum absolute atomic E-state index is 12.7. The highest BCUT2D eigenvalue weighted by atomic mass is 31.2. The quantitative estimate of drug-likeness (QED) is 0.103. The van der Waals surface area contributed by atoms with E-state index in [9.17, 15) is 10.0 Å². The smallest absolute Gasteiger partial charge is 0.310 e. The van der Waals surface area contributed by atoms with Crippen LogP contribution in [0.1, 0.15) is 85.5 Å². The Morgan fingerprint density at radius 3 is 1.52 bits per heavy atom. The van der Waals surface area contributed by atoms with Crippen LogP contribution in [-0.4, -0.2) is 34.9 Å². The Bertz CT molecular complexity index is 1130. The first-order valence-electron chi connectivity index (χ1n) is 15.9. The molecule has 4 nitrogen and oxygen atoms in total. The summed E-state index contributed by atoms with van der Waals surface area (Å²) in [5.41, 5.74) is -1.24. The molecule has 42 heavy (non-hydrogen) atoms. The molecule has 3 aromatic rings. The van der Waals surface area contributed by atoms with Crippen LogP contribution in [0, 0.1) is 11.1 Å². The van der Waals surface area contributed by atoms with Gasteiger partial charge in [-0.05, 0) is 89.8 Å². The predicted molar refractivity (Wildman–Crippen MR) is 179 cm³/mol. The number of ether oxygens (including phenoxy) is 1. The molecule has 1 aliphatic rings. The second-order valence-corrected chi connectivity index (χ2v) is 16.7. The van der Waals surface area contributed by atoms with E-state index in [1.807, 2.05) is 27.7 Å². The van der Waals surface area contributed by atoms with Crippen molar-refractivity contribution in [2.24, 2.45) is 5.92 Å². The molecular formula is C37H50NO3P. The molecule has 0 N–H and O–H groups in total. The van der Waals surface area contributed by atoms with Gasteiger partial charge in [0.05, 0.1) is 18.7 Å². The van der Waals surface area contributed by atoms with Crippen molar-refractivity contribution < 1.29 is 9.53 Å². The highest BCUT2D eigenvalue weighted by molar-refractivity contribution is 7.95. The van der Waals surface area contributed by atoms with Crippen molar-refractivity contribution in [3.05, 3.63) is 96.2 Å². The molecule has 4 rings (SSSR count). The molecule has 0 saturated carbocycles. The maximum Gasteiger partial charge on any atom is 0.310 e. The van der Waals surface area contributed by atoms with Crippen LogP contribution in [0.15, 0.2) is 91.0 Å². The average molecular weight is 588 g/mol. The van der Waals surface area contributed by atoms with Crippen molar-refractivity contribution in [1.82, 2.24) is 5.06 Å². The Hall–Kier alpha value is -2.52. The molecule has 0 bridgehead atoms. The number of nitrogens with zero attached hydrogens (tertiary/aromatic N) is 1. The van der Waals surface area contributed by atoms with Crippen molar-refractivity contribution >= 4 is 29.1 Å². The minimum Gasteiger partial charge on any atom is -0.784 e. The summed E-state index contributed by atoms with van der Waals surface area (Å²) in [5, 5.41) is 18.0. The van der Waals surface area contributed by atoms with Crippen LogP contribution >= 0.6 is 7.26 Å². The van der Waals surface area contributed by atoms with Gasteiger partial charge < -0.3 is 15.0 Å². The SMILES string of the molecule is CC1(C)CC(C(=O)OCCCCCCCCCC[P+](c2ccccc2)(c2ccccc2)c2ccccc2)C(C)(C)N1[O-]. The van der Waals surface area contributed by atoms with Crippen LogP contribution in [0.3, 0.4) is 0 Å². The lowest BCUT2D eigenvalue weighted by Gasteiger charge is -2.47. The third-order valence-corrected chi connectivity index (χ3v) is 13.7. The molecule has 0 spiro atoms. The fourth-order valence-corrected chi connectivity index (χ4v) is 11.2. The Kier molecular flexibility index (Phi) is 11.4. The van der Waals surface area contributed by atoms with E-state index in [1.165, 1.54) is 60.6 Å². The number of unbranched alkanes of at least 4 members (excludes halogenated alkanes) is 7. The molecular weight excluding hydrogens is 537 g/mol. The van der Waals surface area contributed by atoms with Crippen LogP contribution < -0.4 is 15.9 Å². The first-order chi connectivity index (χ1) is 20.2. The second kappa shape index (κ2) is 14.8. The van der Waals surface area contributed by atoms with Gasteiger partial charge in [-0.1, -0.05) is 86.7 Å². The number of benzene rings is 3. The maximum atomic E-state index is 12.7. The van der Waals surface area contributed by atoms with Crippen LogP contribution in [-0.2, 0) is 9.53 Å². The Morgan fingerprint density at radius 1 is 0.714 bits per heavy atom. The molecule has 1 saturated heterocycles. The zero-order chi connectivity index (χ0) is 30.1. The summed E-state index contributed by atoms with van der Waals surface area (Å²) in [7, 11) is -1.72. The summed E-state index contributed by atoms with van der Waals surface area (Å²) in [6.45, 7) is 7.97. The van der Waals surface area contributed by atoms with Gasteiger partial charge in [0.1, 0.15) is 23.2 Å². The minimum atomic E-state index is -1.72. The predicted octanol–water partition coefficient (Wildman–Crippen LogP) is 8.02. The summed E-state index contributed by atoms with van der Waals surface area (Å²) < 4.78 is 5.60. The zero-order valence-electron chi connectivity index (χ0n) is 26.1. The van der Waals surface area contributed by atoms with E-state index in [1.54, 1.807) is 0 Å². The minimum absolute atomic E-state index is 0.216. The lowest BCUT2D eigenvalue weighted by molar-refractivity contribution is -0.151. The van der Waals surface area contributed by atoms with Crippen LogP contribution in [0.4, 0.5) is 0 Å². The first kappa shape index (κ1) is 32.4. The molecule has 0 radical (unpaired) electrons. The lowest BCUT2D eigenvalue weighted by Crippen LogP contribution is -2.47. The Labute approximate surface area is 254 Å². The fraction of sp³-hybridized carbons (Fsp3) is 0.486. The zero-order valence-corrected chi connectivity index (χ0v) is 27.0. The monoisotopic (exact) mass is 587 g/mol. The molecule has 1 heterocycles. The number of hydrogen-bond donors (Lipinski definition) is 0. The second-order valence-electron chi connectivity index (χ2n) is 13.1. The van der Waals surface area contributed by atoms with Crippen molar-refractivity contribution in [3.8, 4) is 0 Å². The van der Waals surface area contributed by atoms with Crippen molar-refractivity contribution in [2.45, 2.75) is 96.6 Å². The third-order valence-electron chi connectivity index (χ3n) is 9.14. The molecule has 3 aromatic carbocycles. The molecule has 0 amide bonds.